The molecular weight excluding hydrogens is 298 g/mol. The minimum absolute atomic E-state index is 0.0536. The van der Waals surface area contributed by atoms with Gasteiger partial charge in [0, 0.05) is 6.07 Å². The van der Waals surface area contributed by atoms with Crippen LogP contribution in [-0.2, 0) is 0 Å². The van der Waals surface area contributed by atoms with E-state index in [4.69, 9.17) is 0 Å². The molecule has 2 aromatic rings. The second-order valence-corrected chi connectivity index (χ2v) is 4.53. The fraction of sp³-hybridized carbons (Fsp3) is 0.0833. The highest BCUT2D eigenvalue weighted by atomic mass is 79.9. The van der Waals surface area contributed by atoms with Gasteiger partial charge in [-0.3, -0.25) is 10.1 Å². The van der Waals surface area contributed by atoms with Gasteiger partial charge in [-0.25, -0.2) is 4.98 Å². The van der Waals surface area contributed by atoms with Crippen molar-refractivity contribution in [3.05, 3.63) is 56.8 Å². The third-order valence-corrected chi connectivity index (χ3v) is 2.91. The molecule has 2 rings (SSSR count). The summed E-state index contributed by atoms with van der Waals surface area (Å²) < 4.78 is 0.715. The van der Waals surface area contributed by atoms with Gasteiger partial charge in [0.15, 0.2) is 0 Å². The van der Waals surface area contributed by atoms with Gasteiger partial charge in [-0.1, -0.05) is 12.1 Å². The van der Waals surface area contributed by atoms with Crippen molar-refractivity contribution in [2.24, 2.45) is 0 Å². The molecule has 92 valence electrons. The third-order valence-electron chi connectivity index (χ3n) is 2.44. The van der Waals surface area contributed by atoms with Crippen LogP contribution in [0.3, 0.4) is 0 Å². The number of anilines is 2. The summed E-state index contributed by atoms with van der Waals surface area (Å²) in [4.78, 5) is 14.6. The molecule has 1 N–H and O–H groups in total. The number of pyridine rings is 1. The molecule has 1 aromatic carbocycles. The minimum Gasteiger partial charge on any atom is -0.348 e. The molecule has 0 aliphatic rings. The summed E-state index contributed by atoms with van der Waals surface area (Å²) in [7, 11) is 0. The summed E-state index contributed by atoms with van der Waals surface area (Å²) in [5.74, 6) is 0. The maximum Gasteiger partial charge on any atom is 0.292 e. The van der Waals surface area contributed by atoms with Crippen molar-refractivity contribution in [3.63, 3.8) is 0 Å². The number of nitrogens with one attached hydrogen (secondary N) is 1. The van der Waals surface area contributed by atoms with Crippen LogP contribution in [0.1, 0.15) is 5.56 Å². The Bertz CT molecular complexity index is 584. The van der Waals surface area contributed by atoms with Crippen LogP contribution in [0.2, 0.25) is 0 Å². The number of aromatic nitrogens is 1. The van der Waals surface area contributed by atoms with Crippen molar-refractivity contribution in [2.75, 3.05) is 5.32 Å². The Kier molecular flexibility index (Phi) is 3.57. The smallest absolute Gasteiger partial charge is 0.292 e. The number of hydrogen-bond acceptors (Lipinski definition) is 4. The monoisotopic (exact) mass is 307 g/mol. The molecule has 0 atom stereocenters. The first-order valence-corrected chi connectivity index (χ1v) is 6.00. The number of nitro benzene ring substituents is 1. The van der Waals surface area contributed by atoms with Crippen LogP contribution >= 0.6 is 15.9 Å². The number of hydrogen-bond donors (Lipinski definition) is 1. The lowest BCUT2D eigenvalue weighted by Gasteiger charge is -2.09. The van der Waals surface area contributed by atoms with Gasteiger partial charge in [-0.05, 0) is 40.5 Å². The summed E-state index contributed by atoms with van der Waals surface area (Å²) in [6.45, 7) is 1.82. The highest BCUT2D eigenvalue weighted by Gasteiger charge is 2.15. The second kappa shape index (κ2) is 5.14. The maximum atomic E-state index is 11.0. The zero-order valence-electron chi connectivity index (χ0n) is 9.55. The molecule has 1 heterocycles. The number of nitrogens with zero attached hydrogens (tertiary/aromatic N) is 2. The molecular formula is C12H10BrN3O2. The molecule has 0 amide bonds. The van der Waals surface area contributed by atoms with E-state index in [0.717, 1.165) is 5.56 Å². The highest BCUT2D eigenvalue weighted by molar-refractivity contribution is 9.10. The number of nitro groups is 1. The van der Waals surface area contributed by atoms with Crippen molar-refractivity contribution < 1.29 is 4.92 Å². The number of benzene rings is 1. The molecule has 1 aromatic heterocycles. The van der Waals surface area contributed by atoms with E-state index >= 15 is 0 Å². The van der Waals surface area contributed by atoms with Gasteiger partial charge >= 0.3 is 0 Å². The summed E-state index contributed by atoms with van der Waals surface area (Å²) in [6, 6.07) is 8.53. The van der Waals surface area contributed by atoms with Crippen LogP contribution in [0, 0.1) is 17.0 Å². The Hall–Kier alpha value is -1.95. The van der Waals surface area contributed by atoms with Crippen LogP contribution in [0.5, 0.6) is 0 Å². The average molecular weight is 308 g/mol. The molecule has 18 heavy (non-hydrogen) atoms. The predicted molar refractivity (Wildman–Crippen MR) is 73.1 cm³/mol. The largest absolute Gasteiger partial charge is 0.348 e. The van der Waals surface area contributed by atoms with E-state index < -0.39 is 4.92 Å². The van der Waals surface area contributed by atoms with E-state index in [1.165, 1.54) is 6.07 Å². The molecule has 0 unspecified atom stereocenters. The van der Waals surface area contributed by atoms with Crippen molar-refractivity contribution in [3.8, 4) is 0 Å². The van der Waals surface area contributed by atoms with E-state index in [2.05, 4.69) is 26.2 Å². The average Bonchev–Trinajstić information content (AvgIpc) is 2.34. The standard InChI is InChI=1S/C12H10BrN3O2/c1-8-3-2-4-10(16(17)18)12(8)15-9-5-6-11(13)14-7-9/h2-7,15H,1H3. The first kappa shape index (κ1) is 12.5. The van der Waals surface area contributed by atoms with Gasteiger partial charge < -0.3 is 5.32 Å². The fourth-order valence-electron chi connectivity index (χ4n) is 1.56. The Balaban J connectivity index is 2.39. The zero-order valence-corrected chi connectivity index (χ0v) is 11.1. The molecule has 0 aliphatic heterocycles. The Morgan fingerprint density at radius 2 is 2.11 bits per heavy atom. The maximum absolute atomic E-state index is 11.0. The van der Waals surface area contributed by atoms with Crippen molar-refractivity contribution in [1.82, 2.24) is 4.98 Å². The molecule has 0 fully saturated rings. The lowest BCUT2D eigenvalue weighted by atomic mass is 10.1. The SMILES string of the molecule is Cc1cccc([N+](=O)[O-])c1Nc1ccc(Br)nc1. The number of para-hydroxylation sites is 1. The van der Waals surface area contributed by atoms with Gasteiger partial charge in [-0.2, -0.15) is 0 Å². The molecule has 0 aliphatic carbocycles. The van der Waals surface area contributed by atoms with Crippen molar-refractivity contribution >= 4 is 33.0 Å². The van der Waals surface area contributed by atoms with E-state index in [9.17, 15) is 10.1 Å². The van der Waals surface area contributed by atoms with Crippen LogP contribution in [0.4, 0.5) is 17.1 Å². The molecule has 5 nitrogen and oxygen atoms in total. The molecule has 0 saturated carbocycles. The van der Waals surface area contributed by atoms with E-state index in [0.29, 0.717) is 16.0 Å². The van der Waals surface area contributed by atoms with Crippen LogP contribution in [0.15, 0.2) is 41.1 Å². The van der Waals surface area contributed by atoms with E-state index in [1.54, 1.807) is 24.4 Å². The number of aryl methyl sites for hydroxylation is 1. The molecule has 0 radical (unpaired) electrons. The Morgan fingerprint density at radius 1 is 1.33 bits per heavy atom. The summed E-state index contributed by atoms with van der Waals surface area (Å²) in [5, 5.41) is 14.0. The normalized spacial score (nSPS) is 10.1. The van der Waals surface area contributed by atoms with E-state index in [1.807, 2.05) is 13.0 Å². The van der Waals surface area contributed by atoms with Gasteiger partial charge in [0.1, 0.15) is 10.3 Å². The molecule has 0 saturated heterocycles. The van der Waals surface area contributed by atoms with Gasteiger partial charge in [0.05, 0.1) is 16.8 Å². The fourth-order valence-corrected chi connectivity index (χ4v) is 1.80. The number of halogens is 1. The topological polar surface area (TPSA) is 68.1 Å². The van der Waals surface area contributed by atoms with Crippen molar-refractivity contribution in [2.45, 2.75) is 6.92 Å². The first-order chi connectivity index (χ1) is 8.58. The highest BCUT2D eigenvalue weighted by Crippen LogP contribution is 2.30. The van der Waals surface area contributed by atoms with Crippen LogP contribution in [0.25, 0.3) is 0 Å². The van der Waals surface area contributed by atoms with E-state index in [-0.39, 0.29) is 5.69 Å². The first-order valence-electron chi connectivity index (χ1n) is 5.20. The Morgan fingerprint density at radius 3 is 2.72 bits per heavy atom. The molecule has 0 bridgehead atoms. The third kappa shape index (κ3) is 2.65. The molecule has 0 spiro atoms. The van der Waals surface area contributed by atoms with Crippen LogP contribution in [-0.4, -0.2) is 9.91 Å². The van der Waals surface area contributed by atoms with Gasteiger partial charge in [0.25, 0.3) is 5.69 Å². The van der Waals surface area contributed by atoms with Crippen LogP contribution < -0.4 is 5.32 Å². The van der Waals surface area contributed by atoms with Gasteiger partial charge in [0.2, 0.25) is 0 Å². The summed E-state index contributed by atoms with van der Waals surface area (Å²) >= 11 is 3.24. The lowest BCUT2D eigenvalue weighted by molar-refractivity contribution is -0.383. The van der Waals surface area contributed by atoms with Gasteiger partial charge in [-0.15, -0.1) is 0 Å². The lowest BCUT2D eigenvalue weighted by Crippen LogP contribution is -1.99. The summed E-state index contributed by atoms with van der Waals surface area (Å²) in [6.07, 6.45) is 1.61. The number of rotatable bonds is 3. The van der Waals surface area contributed by atoms with Crippen molar-refractivity contribution in [1.29, 1.82) is 0 Å². The second-order valence-electron chi connectivity index (χ2n) is 3.72. The quantitative estimate of drug-likeness (QED) is 0.532. The minimum atomic E-state index is -0.401. The predicted octanol–water partition coefficient (Wildman–Crippen LogP) is 3.80. The zero-order chi connectivity index (χ0) is 13.1. The summed E-state index contributed by atoms with van der Waals surface area (Å²) in [5.41, 5.74) is 2.06. The molecule has 6 heteroatoms. The Labute approximate surface area is 112 Å².